The van der Waals surface area contributed by atoms with Crippen LogP contribution in [0.5, 0.6) is 0 Å². The van der Waals surface area contributed by atoms with Gasteiger partial charge in [-0.1, -0.05) is 54.9 Å². The van der Waals surface area contributed by atoms with Crippen LogP contribution in [0.2, 0.25) is 37.8 Å². The largest absolute Gasteiger partial charge is 0.449 e. The van der Waals surface area contributed by atoms with E-state index in [9.17, 15) is 13.2 Å². The topological polar surface area (TPSA) is 107 Å². The Kier molecular flexibility index (Phi) is 12.7. The summed E-state index contributed by atoms with van der Waals surface area (Å²) in [6.45, 7) is 30.8. The van der Waals surface area contributed by atoms with E-state index in [4.69, 9.17) is 13.6 Å². The number of piperidine rings is 1. The Morgan fingerprint density at radius 1 is 0.946 bits per heavy atom. The molecule has 5 fully saturated rings. The van der Waals surface area contributed by atoms with Crippen molar-refractivity contribution in [2.24, 2.45) is 52.3 Å². The number of rotatable bonds is 11. The molecule has 318 valence electrons. The number of nitrogens with one attached hydrogen (secondary N) is 1. The van der Waals surface area contributed by atoms with E-state index in [0.717, 1.165) is 57.4 Å². The summed E-state index contributed by atoms with van der Waals surface area (Å²) in [6.07, 6.45) is 13.8. The van der Waals surface area contributed by atoms with E-state index in [2.05, 4.69) is 95.8 Å². The molecule has 2 heterocycles. The van der Waals surface area contributed by atoms with E-state index in [1.165, 1.54) is 44.4 Å². The summed E-state index contributed by atoms with van der Waals surface area (Å²) in [4.78, 5) is 19.6. The highest BCUT2D eigenvalue weighted by molar-refractivity contribution is 7.90. The zero-order chi connectivity index (χ0) is 41.1. The maximum Gasteiger partial charge on any atom is 0.421 e. The highest BCUT2D eigenvalue weighted by Gasteiger charge is 2.66. The van der Waals surface area contributed by atoms with Crippen molar-refractivity contribution in [3.05, 3.63) is 18.3 Å². The quantitative estimate of drug-likeness (QED) is 0.220. The van der Waals surface area contributed by atoms with Gasteiger partial charge in [-0.15, -0.1) is 0 Å². The molecule has 1 saturated heterocycles. The molecular weight excluding hydrogens is 755 g/mol. The Balaban J connectivity index is 1.15. The zero-order valence-electron chi connectivity index (χ0n) is 37.1. The molecule has 1 aliphatic heterocycles. The molecule has 1 amide bonds. The van der Waals surface area contributed by atoms with E-state index >= 15 is 0 Å². The van der Waals surface area contributed by atoms with Gasteiger partial charge in [-0.2, -0.15) is 0 Å². The van der Waals surface area contributed by atoms with Gasteiger partial charge in [0.2, 0.25) is 0 Å². The highest BCUT2D eigenvalue weighted by atomic mass is 32.2. The molecule has 0 bridgehead atoms. The van der Waals surface area contributed by atoms with Crippen molar-refractivity contribution in [1.29, 1.82) is 0 Å². The number of pyridine rings is 1. The summed E-state index contributed by atoms with van der Waals surface area (Å²) >= 11 is 0. The van der Waals surface area contributed by atoms with Crippen LogP contribution in [0.25, 0.3) is 0 Å². The molecule has 1 aromatic heterocycles. The van der Waals surface area contributed by atoms with Crippen LogP contribution in [-0.4, -0.2) is 68.0 Å². The van der Waals surface area contributed by atoms with Gasteiger partial charge >= 0.3 is 6.09 Å². The third-order valence-corrected chi connectivity index (χ3v) is 23.1. The smallest absolute Gasteiger partial charge is 0.421 e. The molecule has 6 rings (SSSR count). The van der Waals surface area contributed by atoms with Gasteiger partial charge in [0, 0.05) is 25.4 Å². The predicted molar refractivity (Wildman–Crippen MR) is 231 cm³/mol. The fourth-order valence-corrected chi connectivity index (χ4v) is 15.9. The zero-order valence-corrected chi connectivity index (χ0v) is 39.9. The molecule has 12 heteroatoms. The number of hydrogen-bond acceptors (Lipinski definition) is 8. The number of anilines is 1. The van der Waals surface area contributed by atoms with Gasteiger partial charge < -0.3 is 18.5 Å². The molecule has 5 aliphatic rings. The van der Waals surface area contributed by atoms with Crippen molar-refractivity contribution in [3.63, 3.8) is 0 Å². The number of nitrogens with zero attached hydrogens (tertiary/aromatic N) is 2. The molecule has 1 N–H and O–H groups in total. The van der Waals surface area contributed by atoms with Crippen molar-refractivity contribution in [3.8, 4) is 0 Å². The number of hydrogen-bond donors (Lipinski definition) is 1. The van der Waals surface area contributed by atoms with Gasteiger partial charge in [0.05, 0.1) is 12.7 Å². The Morgan fingerprint density at radius 2 is 1.61 bits per heavy atom. The lowest BCUT2D eigenvalue weighted by Crippen LogP contribution is -2.64. The van der Waals surface area contributed by atoms with Crippen molar-refractivity contribution in [1.82, 2.24) is 9.71 Å². The maximum absolute atomic E-state index is 13.1. The van der Waals surface area contributed by atoms with Gasteiger partial charge in [-0.05, 0) is 166 Å². The van der Waals surface area contributed by atoms with Crippen molar-refractivity contribution in [2.75, 3.05) is 24.6 Å². The van der Waals surface area contributed by atoms with Gasteiger partial charge in [-0.25, -0.2) is 22.9 Å². The number of ether oxygens (including phenoxy) is 1. The minimum absolute atomic E-state index is 0.0355. The molecule has 56 heavy (non-hydrogen) atoms. The van der Waals surface area contributed by atoms with Crippen LogP contribution in [-0.2, 0) is 23.6 Å². The fraction of sp³-hybridized carbons (Fsp3) is 0.864. The lowest BCUT2D eigenvalue weighted by Gasteiger charge is -2.66. The fourth-order valence-electron chi connectivity index (χ4n) is 12.5. The standard InChI is InChI=1S/C44H77N3O6SSi2/c1-13-33-37-27-31(52-56(11,12)42(3,4)5)21-23-44(37,7)36-22-24-43(6)34(18-19-35(43)39(36)40(33)53-55(8,9)10)30(2)29-51-41(48)46-54(49,50)32-17-20-38(45-28-32)47-25-15-14-16-26-47/h17,20,28,30-31,33-37,39-40H,13-16,18-19,21-27,29H2,1-12H3,(H,46,48)/t30-,31?,33-,34?,35+,36+,37?,39+,40?,43?,44?/m1/s1. The number of aromatic nitrogens is 1. The summed E-state index contributed by atoms with van der Waals surface area (Å²) in [7, 11) is -7.86. The molecule has 11 atom stereocenters. The first-order valence-electron chi connectivity index (χ1n) is 22.3. The van der Waals surface area contributed by atoms with Crippen LogP contribution in [0.1, 0.15) is 119 Å². The van der Waals surface area contributed by atoms with Gasteiger partial charge in [0.15, 0.2) is 16.6 Å². The molecule has 4 saturated carbocycles. The summed E-state index contributed by atoms with van der Waals surface area (Å²) in [6, 6.07) is 3.25. The minimum atomic E-state index is -4.10. The molecule has 6 unspecified atom stereocenters. The molecule has 9 nitrogen and oxygen atoms in total. The number of carbonyl (C=O) groups is 1. The Bertz CT molecular complexity index is 1640. The first-order chi connectivity index (χ1) is 26.0. The number of amides is 1. The summed E-state index contributed by atoms with van der Waals surface area (Å²) in [5, 5.41) is 0.201. The second-order valence-electron chi connectivity index (χ2n) is 21.8. The number of fused-ring (bicyclic) bond motifs is 5. The lowest BCUT2D eigenvalue weighted by atomic mass is 9.41. The molecule has 1 aromatic rings. The Morgan fingerprint density at radius 3 is 2.21 bits per heavy atom. The third-order valence-electron chi connectivity index (χ3n) is 16.3. The Labute approximate surface area is 342 Å². The number of sulfonamides is 1. The molecule has 4 aliphatic carbocycles. The summed E-state index contributed by atoms with van der Waals surface area (Å²) in [5.74, 6) is 4.08. The van der Waals surface area contributed by atoms with E-state index < -0.39 is 32.8 Å². The van der Waals surface area contributed by atoms with Crippen molar-refractivity contribution in [2.45, 2.75) is 174 Å². The van der Waals surface area contributed by atoms with Gasteiger partial charge in [0.1, 0.15) is 10.7 Å². The lowest BCUT2D eigenvalue weighted by molar-refractivity contribution is -0.197. The second-order valence-corrected chi connectivity index (χ2v) is 32.7. The van der Waals surface area contributed by atoms with E-state index in [-0.39, 0.29) is 39.4 Å². The average Bonchev–Trinajstić information content (AvgIpc) is 3.47. The first kappa shape index (κ1) is 44.1. The van der Waals surface area contributed by atoms with Crippen molar-refractivity contribution < 1.29 is 26.8 Å². The SMILES string of the molecule is CC[C@H]1C(O[Si](C)(C)C)[C@@H]2[C@H](CCC3(C)C([C@H](C)COC(=O)NS(=O)(=O)c4ccc(N5CCCCC5)nc4)CC[C@@H]23)C2(C)CCC(O[Si](C)(C)C(C)(C)C)CC12. The first-order valence-corrected chi connectivity index (χ1v) is 30.1. The highest BCUT2D eigenvalue weighted by Crippen LogP contribution is 2.70. The van der Waals surface area contributed by atoms with Gasteiger partial charge in [-0.3, -0.25) is 0 Å². The van der Waals surface area contributed by atoms with Gasteiger partial charge in [0.25, 0.3) is 10.0 Å². The van der Waals surface area contributed by atoms with Crippen LogP contribution in [0.3, 0.4) is 0 Å². The average molecular weight is 832 g/mol. The van der Waals surface area contributed by atoms with E-state index in [1.54, 1.807) is 6.07 Å². The summed E-state index contributed by atoms with van der Waals surface area (Å²) < 4.78 is 48.8. The number of carbonyl (C=O) groups excluding carboxylic acids is 1. The molecular formula is C44H77N3O6SSi2. The minimum Gasteiger partial charge on any atom is -0.449 e. The van der Waals surface area contributed by atoms with Crippen LogP contribution in [0.15, 0.2) is 23.2 Å². The normalized spacial score (nSPS) is 35.9. The summed E-state index contributed by atoms with van der Waals surface area (Å²) in [5.41, 5.74) is 0.387. The predicted octanol–water partition coefficient (Wildman–Crippen LogP) is 10.6. The third kappa shape index (κ3) is 8.71. The molecule has 0 radical (unpaired) electrons. The van der Waals surface area contributed by atoms with Crippen LogP contribution in [0, 0.1) is 52.3 Å². The second kappa shape index (κ2) is 16.2. The molecule has 0 spiro atoms. The van der Waals surface area contributed by atoms with Crippen LogP contribution >= 0.6 is 0 Å². The van der Waals surface area contributed by atoms with Crippen molar-refractivity contribution >= 4 is 38.6 Å². The van der Waals surface area contributed by atoms with Crippen LogP contribution in [0.4, 0.5) is 10.6 Å². The van der Waals surface area contributed by atoms with E-state index in [1.807, 2.05) is 0 Å². The van der Waals surface area contributed by atoms with E-state index in [0.29, 0.717) is 41.6 Å². The Hall–Kier alpha value is -1.48. The maximum atomic E-state index is 13.1. The monoisotopic (exact) mass is 832 g/mol. The molecule has 0 aromatic carbocycles. The van der Waals surface area contributed by atoms with Crippen LogP contribution < -0.4 is 9.62 Å².